The highest BCUT2D eigenvalue weighted by Gasteiger charge is 2.54. The number of hydrogen-bond donors (Lipinski definition) is 0. The molecule has 0 bridgehead atoms. The number of carbonyl (C=O) groups is 4. The van der Waals surface area contributed by atoms with E-state index >= 15 is 0 Å². The molecule has 0 N–H and O–H groups in total. The number of esters is 4. The van der Waals surface area contributed by atoms with E-state index < -0.39 is 16.6 Å². The molecule has 4 aliphatic rings. The van der Waals surface area contributed by atoms with Crippen LogP contribution in [-0.4, -0.2) is 40.5 Å². The van der Waals surface area contributed by atoms with Crippen LogP contribution in [0.2, 0.25) is 37.3 Å². The van der Waals surface area contributed by atoms with Crippen LogP contribution in [0.15, 0.2) is 0 Å². The number of rotatable bonds is 4. The predicted molar refractivity (Wildman–Crippen MR) is 107 cm³/mol. The highest BCUT2D eigenvalue weighted by Crippen LogP contribution is 2.50. The summed E-state index contributed by atoms with van der Waals surface area (Å²) in [6, 6.07) is 0. The molecule has 4 rings (SSSR count). The maximum absolute atomic E-state index is 12.1. The predicted octanol–water partition coefficient (Wildman–Crippen LogP) is 3.15. The van der Waals surface area contributed by atoms with E-state index in [0.717, 1.165) is 12.8 Å². The summed E-state index contributed by atoms with van der Waals surface area (Å²) in [7, 11) is -4.28. The molecule has 2 saturated carbocycles. The first-order valence-electron chi connectivity index (χ1n) is 10.7. The average molecular weight is 439 g/mol. The number of cyclic esters (lactones) is 4. The van der Waals surface area contributed by atoms with E-state index in [1.54, 1.807) is 0 Å². The molecule has 0 spiro atoms. The fourth-order valence-corrected chi connectivity index (χ4v) is 16.2. The molecule has 2 aliphatic carbocycles. The molecule has 0 aromatic carbocycles. The second-order valence-corrected chi connectivity index (χ2v) is 19.1. The molecular formula is C20H30O7Si2. The van der Waals surface area contributed by atoms with Crippen LogP contribution >= 0.6 is 0 Å². The van der Waals surface area contributed by atoms with Crippen molar-refractivity contribution in [3.8, 4) is 0 Å². The molecule has 2 saturated heterocycles. The van der Waals surface area contributed by atoms with Gasteiger partial charge in [-0.15, -0.1) is 0 Å². The summed E-state index contributed by atoms with van der Waals surface area (Å²) in [4.78, 5) is 47.8. The van der Waals surface area contributed by atoms with E-state index in [9.17, 15) is 19.2 Å². The summed E-state index contributed by atoms with van der Waals surface area (Å²) in [5, 5.41) is 0. The smallest absolute Gasteiger partial charge is 0.317 e. The Morgan fingerprint density at radius 3 is 1.34 bits per heavy atom. The third-order valence-corrected chi connectivity index (χ3v) is 17.0. The van der Waals surface area contributed by atoms with Gasteiger partial charge in [-0.25, -0.2) is 0 Å². The Labute approximate surface area is 173 Å². The zero-order valence-electron chi connectivity index (χ0n) is 17.6. The highest BCUT2D eigenvalue weighted by atomic mass is 28.4. The Balaban J connectivity index is 1.43. The van der Waals surface area contributed by atoms with Crippen molar-refractivity contribution < 1.29 is 32.8 Å². The van der Waals surface area contributed by atoms with Crippen molar-refractivity contribution in [3.63, 3.8) is 0 Å². The van der Waals surface area contributed by atoms with Gasteiger partial charge in [0.25, 0.3) is 0 Å². The maximum atomic E-state index is 12.1. The average Bonchev–Trinajstić information content (AvgIpc) is 3.09. The van der Waals surface area contributed by atoms with Gasteiger partial charge in [0.05, 0.1) is 23.7 Å². The standard InChI is InChI=1S/C20H30O7Si2/c1-28(2,11-5-7-13-15(9-11)19(23)25-17(13)21)27-29(3,4)12-6-8-14-16(10-12)20(24)26-18(14)22/h11-16H,5-10H2,1-4H3. The lowest BCUT2D eigenvalue weighted by Crippen LogP contribution is -2.52. The summed E-state index contributed by atoms with van der Waals surface area (Å²) in [5.74, 6) is -2.61. The zero-order chi connectivity index (χ0) is 21.1. The van der Waals surface area contributed by atoms with Gasteiger partial charge < -0.3 is 13.6 Å². The summed E-state index contributed by atoms with van der Waals surface area (Å²) in [5.41, 5.74) is 0.617. The molecule has 2 heterocycles. The Bertz CT molecular complexity index is 700. The van der Waals surface area contributed by atoms with Crippen LogP contribution in [-0.2, 0) is 32.8 Å². The summed E-state index contributed by atoms with van der Waals surface area (Å²) < 4.78 is 16.6. The van der Waals surface area contributed by atoms with Crippen molar-refractivity contribution in [1.29, 1.82) is 0 Å². The molecule has 4 fully saturated rings. The number of ether oxygens (including phenoxy) is 2. The minimum absolute atomic E-state index is 0.269. The molecule has 6 atom stereocenters. The zero-order valence-corrected chi connectivity index (χ0v) is 19.6. The van der Waals surface area contributed by atoms with E-state index in [1.807, 2.05) is 0 Å². The molecule has 0 aromatic rings. The van der Waals surface area contributed by atoms with E-state index in [0.29, 0.717) is 36.8 Å². The SMILES string of the molecule is C[Si](C)(O[Si](C)(C)C1CCC2C(=O)OC(=O)C2C1)C1CCC2C(=O)OC(=O)C2C1. The summed E-state index contributed by atoms with van der Waals surface area (Å²) in [6.45, 7) is 8.86. The quantitative estimate of drug-likeness (QED) is 0.378. The Morgan fingerprint density at radius 2 is 0.966 bits per heavy atom. The Morgan fingerprint density at radius 1 is 0.621 bits per heavy atom. The van der Waals surface area contributed by atoms with Crippen LogP contribution in [0, 0.1) is 23.7 Å². The van der Waals surface area contributed by atoms with Crippen molar-refractivity contribution >= 4 is 40.5 Å². The number of fused-ring (bicyclic) bond motifs is 2. The molecule has 7 nitrogen and oxygen atoms in total. The Kier molecular flexibility index (Phi) is 5.14. The minimum Gasteiger partial charge on any atom is -0.455 e. The molecule has 9 heteroatoms. The van der Waals surface area contributed by atoms with Gasteiger partial charge in [-0.1, -0.05) is 0 Å². The lowest BCUT2D eigenvalue weighted by atomic mass is 9.81. The third kappa shape index (κ3) is 3.65. The second-order valence-electron chi connectivity index (χ2n) is 10.2. The third-order valence-electron chi connectivity index (χ3n) is 7.81. The monoisotopic (exact) mass is 438 g/mol. The van der Waals surface area contributed by atoms with Gasteiger partial charge in [0, 0.05) is 0 Å². The van der Waals surface area contributed by atoms with Crippen molar-refractivity contribution in [2.24, 2.45) is 23.7 Å². The van der Waals surface area contributed by atoms with E-state index in [4.69, 9.17) is 13.6 Å². The van der Waals surface area contributed by atoms with Crippen LogP contribution in [0.5, 0.6) is 0 Å². The van der Waals surface area contributed by atoms with Crippen molar-refractivity contribution in [2.75, 3.05) is 0 Å². The van der Waals surface area contributed by atoms with Gasteiger partial charge >= 0.3 is 23.9 Å². The first-order chi connectivity index (χ1) is 13.5. The van der Waals surface area contributed by atoms with Gasteiger partial charge in [-0.05, 0) is 75.8 Å². The van der Waals surface area contributed by atoms with E-state index in [2.05, 4.69) is 26.2 Å². The van der Waals surface area contributed by atoms with Crippen molar-refractivity contribution in [2.45, 2.75) is 75.8 Å². The number of hydrogen-bond acceptors (Lipinski definition) is 7. The van der Waals surface area contributed by atoms with Crippen LogP contribution in [0.1, 0.15) is 38.5 Å². The first kappa shape index (κ1) is 20.9. The fourth-order valence-electron chi connectivity index (χ4n) is 6.03. The van der Waals surface area contributed by atoms with Crippen LogP contribution in [0.4, 0.5) is 0 Å². The highest BCUT2D eigenvalue weighted by molar-refractivity contribution is 6.86. The first-order valence-corrected chi connectivity index (χ1v) is 16.7. The van der Waals surface area contributed by atoms with E-state index in [1.165, 1.54) is 0 Å². The molecule has 2 aliphatic heterocycles. The number of carbonyl (C=O) groups excluding carboxylic acids is 4. The molecular weight excluding hydrogens is 408 g/mol. The normalized spacial score (nSPS) is 37.8. The molecule has 160 valence electrons. The second kappa shape index (κ2) is 7.13. The van der Waals surface area contributed by atoms with Crippen LogP contribution in [0.3, 0.4) is 0 Å². The summed E-state index contributed by atoms with van der Waals surface area (Å²) >= 11 is 0. The maximum Gasteiger partial charge on any atom is 0.317 e. The molecule has 0 amide bonds. The van der Waals surface area contributed by atoms with Crippen LogP contribution in [0.25, 0.3) is 0 Å². The fraction of sp³-hybridized carbons (Fsp3) is 0.800. The Hall–Kier alpha value is -1.33. The van der Waals surface area contributed by atoms with Gasteiger partial charge in [0.15, 0.2) is 16.6 Å². The molecule has 0 radical (unpaired) electrons. The lowest BCUT2D eigenvalue weighted by Gasteiger charge is -2.46. The van der Waals surface area contributed by atoms with Crippen LogP contribution < -0.4 is 0 Å². The molecule has 29 heavy (non-hydrogen) atoms. The topological polar surface area (TPSA) is 96.0 Å². The van der Waals surface area contributed by atoms with Gasteiger partial charge in [-0.2, -0.15) is 0 Å². The van der Waals surface area contributed by atoms with Gasteiger partial charge in [0.1, 0.15) is 0 Å². The van der Waals surface area contributed by atoms with Gasteiger partial charge in [0.2, 0.25) is 0 Å². The summed E-state index contributed by atoms with van der Waals surface area (Å²) in [6.07, 6.45) is 4.53. The molecule has 0 aromatic heterocycles. The lowest BCUT2D eigenvalue weighted by molar-refractivity contribution is -0.155. The van der Waals surface area contributed by atoms with E-state index in [-0.39, 0.29) is 47.5 Å². The minimum atomic E-state index is -2.14. The molecule has 6 unspecified atom stereocenters. The van der Waals surface area contributed by atoms with Crippen molar-refractivity contribution in [3.05, 3.63) is 0 Å². The van der Waals surface area contributed by atoms with Gasteiger partial charge in [-0.3, -0.25) is 19.2 Å². The largest absolute Gasteiger partial charge is 0.455 e. The van der Waals surface area contributed by atoms with Crippen molar-refractivity contribution in [1.82, 2.24) is 0 Å².